The molecule has 0 aromatic heterocycles. The number of thioether (sulfide) groups is 2. The van der Waals surface area contributed by atoms with Gasteiger partial charge in [0.15, 0.2) is 7.85 Å². The summed E-state index contributed by atoms with van der Waals surface area (Å²) in [5.41, 5.74) is -0.773. The average molecular weight is 455 g/mol. The van der Waals surface area contributed by atoms with Crippen LogP contribution in [-0.2, 0) is 14.4 Å². The van der Waals surface area contributed by atoms with Crippen molar-refractivity contribution in [2.45, 2.75) is 95.7 Å². The molecule has 0 aromatic carbocycles. The van der Waals surface area contributed by atoms with Crippen LogP contribution < -0.4 is 10.6 Å². The zero-order valence-corrected chi connectivity index (χ0v) is 21.1. The molecule has 30 heavy (non-hydrogen) atoms. The number of ketones is 1. The van der Waals surface area contributed by atoms with E-state index >= 15 is 0 Å². The van der Waals surface area contributed by atoms with Gasteiger partial charge in [-0.25, -0.2) is 0 Å². The predicted octanol–water partition coefficient (Wildman–Crippen LogP) is 3.34. The summed E-state index contributed by atoms with van der Waals surface area (Å²) >= 11 is 3.45. The highest BCUT2D eigenvalue weighted by Gasteiger charge is 2.33. The minimum Gasteiger partial charge on any atom is -0.355 e. The van der Waals surface area contributed by atoms with Crippen LogP contribution >= 0.6 is 23.5 Å². The number of unbranched alkanes of at least 4 members (excludes halogenated alkanes) is 1. The molecule has 1 fully saturated rings. The minimum atomic E-state index is -0.338. The van der Waals surface area contributed by atoms with E-state index in [1.807, 2.05) is 41.5 Å². The Labute approximate surface area is 192 Å². The van der Waals surface area contributed by atoms with Gasteiger partial charge in [0.1, 0.15) is 5.78 Å². The Bertz CT molecular complexity index is 588. The van der Waals surface area contributed by atoms with Gasteiger partial charge in [-0.3, -0.25) is 9.59 Å². The van der Waals surface area contributed by atoms with Gasteiger partial charge in [-0.05, 0) is 52.9 Å². The highest BCUT2D eigenvalue weighted by atomic mass is 32.2. The molecule has 0 aliphatic heterocycles. The van der Waals surface area contributed by atoms with Crippen molar-refractivity contribution < 1.29 is 14.4 Å². The van der Waals surface area contributed by atoms with E-state index in [-0.39, 0.29) is 34.4 Å². The van der Waals surface area contributed by atoms with Gasteiger partial charge in [0, 0.05) is 28.0 Å². The molecule has 1 amide bonds. The van der Waals surface area contributed by atoms with E-state index in [4.69, 9.17) is 7.85 Å². The molecule has 8 heteroatoms. The summed E-state index contributed by atoms with van der Waals surface area (Å²) in [4.78, 5) is 35.7. The first kappa shape index (κ1) is 27.6. The van der Waals surface area contributed by atoms with Gasteiger partial charge >= 0.3 is 0 Å². The van der Waals surface area contributed by atoms with Crippen LogP contribution in [0.15, 0.2) is 0 Å². The summed E-state index contributed by atoms with van der Waals surface area (Å²) in [6.45, 7) is 12.5. The van der Waals surface area contributed by atoms with Crippen LogP contribution in [0.5, 0.6) is 0 Å². The summed E-state index contributed by atoms with van der Waals surface area (Å²) < 4.78 is 0. The smallest absolute Gasteiger partial charge is 0.230 e. The standard InChI is InChI=1S/C22H39BN2O3S2/c1-21(2,3)18(26)13-29-16-10-11-17(16)30-14-19(27)24-12-8-7-9-15(20(23)28)25-22(4,5)6/h15-17,25H,7-14H2,1-6H3,(H,24,27)/t15-,16?,17?/m0/s1. The fraction of sp³-hybridized carbons (Fsp3) is 0.864. The van der Waals surface area contributed by atoms with E-state index in [2.05, 4.69) is 10.6 Å². The second-order valence-corrected chi connectivity index (χ2v) is 12.6. The number of hydrogen-bond acceptors (Lipinski definition) is 6. The van der Waals surface area contributed by atoms with Crippen LogP contribution in [0.2, 0.25) is 0 Å². The van der Waals surface area contributed by atoms with E-state index in [9.17, 15) is 14.4 Å². The van der Waals surface area contributed by atoms with Crippen LogP contribution in [-0.4, -0.2) is 65.4 Å². The number of Topliss-reactive ketones (excluding diaryl/α,β-unsaturated/α-hetero) is 1. The lowest BCUT2D eigenvalue weighted by atomic mass is 9.89. The fourth-order valence-electron chi connectivity index (χ4n) is 2.96. The SMILES string of the molecule is [B]C(=O)[C@H](CCCCNC(=O)CSC1CCC1SCC(=O)C(C)(C)C)NC(C)(C)C. The maximum absolute atomic E-state index is 12.1. The average Bonchev–Trinajstić information content (AvgIpc) is 2.57. The van der Waals surface area contributed by atoms with Gasteiger partial charge in [-0.1, -0.05) is 20.8 Å². The molecule has 2 radical (unpaired) electrons. The molecule has 0 heterocycles. The summed E-state index contributed by atoms with van der Waals surface area (Å²) in [7, 11) is 5.47. The molecule has 2 N–H and O–H groups in total. The predicted molar refractivity (Wildman–Crippen MR) is 130 cm³/mol. The Kier molecular flexibility index (Phi) is 11.5. The zero-order valence-electron chi connectivity index (χ0n) is 19.5. The Hall–Kier alpha value is -0.465. The number of nitrogens with one attached hydrogen (secondary N) is 2. The molecule has 1 saturated carbocycles. The summed E-state index contributed by atoms with van der Waals surface area (Å²) in [6, 6.07) is -0.338. The van der Waals surface area contributed by atoms with E-state index in [0.717, 1.165) is 25.7 Å². The number of rotatable bonds is 13. The van der Waals surface area contributed by atoms with E-state index < -0.39 is 0 Å². The zero-order chi connectivity index (χ0) is 22.9. The maximum Gasteiger partial charge on any atom is 0.230 e. The van der Waals surface area contributed by atoms with Crippen LogP contribution in [0, 0.1) is 5.41 Å². The second kappa shape index (κ2) is 12.5. The highest BCUT2D eigenvalue weighted by Crippen LogP contribution is 2.40. The van der Waals surface area contributed by atoms with Crippen LogP contribution in [0.25, 0.3) is 0 Å². The van der Waals surface area contributed by atoms with E-state index in [0.29, 0.717) is 35.0 Å². The number of amides is 1. The van der Waals surface area contributed by atoms with E-state index in [1.54, 1.807) is 23.5 Å². The first-order valence-corrected chi connectivity index (χ1v) is 13.0. The molecule has 0 spiro atoms. The number of hydrogen-bond donors (Lipinski definition) is 2. The quantitative estimate of drug-likeness (QED) is 0.329. The lowest BCUT2D eigenvalue weighted by molar-refractivity contribution is -0.123. The van der Waals surface area contributed by atoms with Gasteiger partial charge in [-0.2, -0.15) is 0 Å². The fourth-order valence-corrected chi connectivity index (χ4v) is 6.01. The third kappa shape index (κ3) is 11.2. The molecule has 3 atom stereocenters. The Morgan fingerprint density at radius 2 is 1.53 bits per heavy atom. The summed E-state index contributed by atoms with van der Waals surface area (Å²) in [6.07, 6.45) is 4.57. The molecule has 0 saturated heterocycles. The normalized spacial score (nSPS) is 20.3. The number of carbonyl (C=O) groups excluding carboxylic acids is 3. The largest absolute Gasteiger partial charge is 0.355 e. The molecule has 0 aromatic rings. The topological polar surface area (TPSA) is 75.3 Å². The van der Waals surface area contributed by atoms with Crippen molar-refractivity contribution in [1.82, 2.24) is 10.6 Å². The van der Waals surface area contributed by atoms with Gasteiger partial charge in [0.05, 0.1) is 23.2 Å². The Morgan fingerprint density at radius 3 is 2.00 bits per heavy atom. The molecular formula is C22H39BN2O3S2. The number of carbonyl (C=O) groups is 3. The third-order valence-electron chi connectivity index (χ3n) is 5.04. The first-order valence-electron chi connectivity index (χ1n) is 10.9. The van der Waals surface area contributed by atoms with Crippen molar-refractivity contribution >= 4 is 48.7 Å². The van der Waals surface area contributed by atoms with Crippen molar-refractivity contribution in [3.63, 3.8) is 0 Å². The van der Waals surface area contributed by atoms with E-state index in [1.165, 1.54) is 0 Å². The van der Waals surface area contributed by atoms with Crippen LogP contribution in [0.1, 0.15) is 73.6 Å². The van der Waals surface area contributed by atoms with Crippen molar-refractivity contribution in [2.24, 2.45) is 5.41 Å². The van der Waals surface area contributed by atoms with Gasteiger partial charge in [0.25, 0.3) is 0 Å². The molecular weight excluding hydrogens is 415 g/mol. The molecule has 2 unspecified atom stereocenters. The molecule has 0 bridgehead atoms. The minimum absolute atomic E-state index is 0.0562. The third-order valence-corrected chi connectivity index (χ3v) is 8.05. The molecule has 1 aliphatic carbocycles. The lowest BCUT2D eigenvalue weighted by Crippen LogP contribution is -2.47. The van der Waals surface area contributed by atoms with Crippen molar-refractivity contribution in [3.05, 3.63) is 0 Å². The van der Waals surface area contributed by atoms with Gasteiger partial charge < -0.3 is 15.4 Å². The lowest BCUT2D eigenvalue weighted by Gasteiger charge is -2.35. The van der Waals surface area contributed by atoms with Crippen LogP contribution in [0.3, 0.4) is 0 Å². The first-order chi connectivity index (χ1) is 13.8. The summed E-state index contributed by atoms with van der Waals surface area (Å²) in [5, 5.41) is 7.15. The van der Waals surface area contributed by atoms with Crippen molar-refractivity contribution in [3.8, 4) is 0 Å². The monoisotopic (exact) mass is 454 g/mol. The Morgan fingerprint density at radius 1 is 0.967 bits per heavy atom. The molecule has 1 rings (SSSR count). The highest BCUT2D eigenvalue weighted by molar-refractivity contribution is 8.04. The Balaban J connectivity index is 2.16. The van der Waals surface area contributed by atoms with Crippen molar-refractivity contribution in [1.29, 1.82) is 0 Å². The summed E-state index contributed by atoms with van der Waals surface area (Å²) in [5.74, 6) is 1.37. The second-order valence-electron chi connectivity index (χ2n) is 10.1. The van der Waals surface area contributed by atoms with Crippen LogP contribution in [0.4, 0.5) is 0 Å². The molecule has 170 valence electrons. The van der Waals surface area contributed by atoms with Crippen molar-refractivity contribution in [2.75, 3.05) is 18.1 Å². The van der Waals surface area contributed by atoms with Gasteiger partial charge in [-0.15, -0.1) is 23.5 Å². The molecule has 5 nitrogen and oxygen atoms in total. The maximum atomic E-state index is 12.1. The van der Waals surface area contributed by atoms with Gasteiger partial charge in [0.2, 0.25) is 5.91 Å². The molecule has 1 aliphatic rings.